The highest BCUT2D eigenvalue weighted by Crippen LogP contribution is 2.20. The zero-order chi connectivity index (χ0) is 14.8. The van der Waals surface area contributed by atoms with Crippen LogP contribution in [0.4, 0.5) is 0 Å². The summed E-state index contributed by atoms with van der Waals surface area (Å²) < 4.78 is 0. The molecule has 1 fully saturated rings. The lowest BCUT2D eigenvalue weighted by Gasteiger charge is -2.36. The smallest absolute Gasteiger partial charge is 0.228 e. The maximum absolute atomic E-state index is 12.4. The Morgan fingerprint density at radius 2 is 2.19 bits per heavy atom. The highest BCUT2D eigenvalue weighted by molar-refractivity contribution is 7.13. The van der Waals surface area contributed by atoms with Gasteiger partial charge in [-0.25, -0.2) is 9.97 Å². The predicted octanol–water partition coefficient (Wildman–Crippen LogP) is 0.679. The van der Waals surface area contributed by atoms with Gasteiger partial charge in [-0.3, -0.25) is 9.89 Å². The molecule has 0 unspecified atom stereocenters. The molecular formula is C13H18N6OS. The largest absolute Gasteiger partial charge is 0.339 e. The average Bonchev–Trinajstić information content (AvgIpc) is 3.07. The lowest BCUT2D eigenvalue weighted by Crippen LogP contribution is -2.56. The molecule has 0 aromatic carbocycles. The molecule has 0 radical (unpaired) electrons. The fourth-order valence-electron chi connectivity index (χ4n) is 2.60. The number of rotatable bonds is 3. The van der Waals surface area contributed by atoms with E-state index in [4.69, 9.17) is 0 Å². The van der Waals surface area contributed by atoms with Crippen LogP contribution in [0.15, 0.2) is 11.7 Å². The Hall–Kier alpha value is -1.80. The molecule has 0 spiro atoms. The van der Waals surface area contributed by atoms with E-state index in [2.05, 4.69) is 39.3 Å². The van der Waals surface area contributed by atoms with Crippen LogP contribution in [0.3, 0.4) is 0 Å². The molecule has 1 amide bonds. The minimum atomic E-state index is 0.129. The van der Waals surface area contributed by atoms with Gasteiger partial charge < -0.3 is 10.2 Å². The van der Waals surface area contributed by atoms with Gasteiger partial charge in [0.25, 0.3) is 0 Å². The first kappa shape index (κ1) is 14.2. The van der Waals surface area contributed by atoms with Gasteiger partial charge in [-0.05, 0) is 13.8 Å². The number of aromatic nitrogens is 4. The number of nitrogens with zero attached hydrogens (tertiary/aromatic N) is 4. The average molecular weight is 306 g/mol. The number of amides is 1. The second-order valence-electron chi connectivity index (χ2n) is 5.42. The van der Waals surface area contributed by atoms with Gasteiger partial charge in [-0.2, -0.15) is 5.10 Å². The van der Waals surface area contributed by atoms with Crippen LogP contribution in [-0.4, -0.2) is 56.1 Å². The van der Waals surface area contributed by atoms with Gasteiger partial charge in [0, 0.05) is 30.6 Å². The van der Waals surface area contributed by atoms with Gasteiger partial charge in [0.15, 0.2) is 10.8 Å². The second-order valence-corrected chi connectivity index (χ2v) is 6.28. The SMILES string of the molecule is C[C@@H]1CN(C(=O)Cc2csc(-c3ncn[nH]3)n2)C[C@@H](C)N1. The maximum Gasteiger partial charge on any atom is 0.228 e. The molecule has 3 heterocycles. The number of piperazine rings is 1. The number of thiazole rings is 1. The van der Waals surface area contributed by atoms with Crippen molar-refractivity contribution in [1.29, 1.82) is 0 Å². The normalized spacial score (nSPS) is 22.5. The first-order valence-corrected chi connectivity index (χ1v) is 7.83. The lowest BCUT2D eigenvalue weighted by molar-refractivity contribution is -0.132. The van der Waals surface area contributed by atoms with Crippen molar-refractivity contribution in [2.75, 3.05) is 13.1 Å². The van der Waals surface area contributed by atoms with E-state index in [0.717, 1.165) is 23.8 Å². The lowest BCUT2D eigenvalue weighted by atomic mass is 10.1. The standard InChI is InChI=1S/C13H18N6OS/c1-8-4-19(5-9(2)16-8)11(20)3-10-6-21-13(17-10)12-14-7-15-18-12/h6-9,16H,3-5H2,1-2H3,(H,14,15,18)/t8-,9-/m1/s1. The Labute approximate surface area is 126 Å². The van der Waals surface area contributed by atoms with Crippen LogP contribution in [0.25, 0.3) is 10.8 Å². The summed E-state index contributed by atoms with van der Waals surface area (Å²) in [6.45, 7) is 5.70. The van der Waals surface area contributed by atoms with Crippen molar-refractivity contribution < 1.29 is 4.79 Å². The van der Waals surface area contributed by atoms with E-state index in [1.807, 2.05) is 10.3 Å². The van der Waals surface area contributed by atoms with E-state index in [0.29, 0.717) is 24.3 Å². The summed E-state index contributed by atoms with van der Waals surface area (Å²) >= 11 is 1.47. The molecule has 1 aliphatic rings. The van der Waals surface area contributed by atoms with Crippen molar-refractivity contribution >= 4 is 17.2 Å². The number of aromatic amines is 1. The van der Waals surface area contributed by atoms with E-state index in [9.17, 15) is 4.79 Å². The molecule has 0 bridgehead atoms. The van der Waals surface area contributed by atoms with Crippen LogP contribution in [-0.2, 0) is 11.2 Å². The third-order valence-corrected chi connectivity index (χ3v) is 4.31. The van der Waals surface area contributed by atoms with Crippen molar-refractivity contribution in [1.82, 2.24) is 30.4 Å². The van der Waals surface area contributed by atoms with Gasteiger partial charge in [0.1, 0.15) is 6.33 Å². The van der Waals surface area contributed by atoms with Crippen molar-refractivity contribution in [3.8, 4) is 10.8 Å². The molecule has 2 aromatic heterocycles. The molecule has 2 aromatic rings. The zero-order valence-electron chi connectivity index (χ0n) is 12.0. The number of hydrogen-bond donors (Lipinski definition) is 2. The first-order chi connectivity index (χ1) is 10.1. The van der Waals surface area contributed by atoms with E-state index < -0.39 is 0 Å². The minimum Gasteiger partial charge on any atom is -0.339 e. The highest BCUT2D eigenvalue weighted by atomic mass is 32.1. The van der Waals surface area contributed by atoms with Crippen molar-refractivity contribution in [2.24, 2.45) is 0 Å². The summed E-state index contributed by atoms with van der Waals surface area (Å²) in [5, 5.41) is 12.7. The summed E-state index contributed by atoms with van der Waals surface area (Å²) in [6, 6.07) is 0.663. The second kappa shape index (κ2) is 5.90. The molecule has 1 aliphatic heterocycles. The van der Waals surface area contributed by atoms with Gasteiger partial charge in [0.2, 0.25) is 5.91 Å². The first-order valence-electron chi connectivity index (χ1n) is 6.96. The maximum atomic E-state index is 12.4. The molecular weight excluding hydrogens is 288 g/mol. The number of carbonyl (C=O) groups excluding carboxylic acids is 1. The molecule has 0 aliphatic carbocycles. The van der Waals surface area contributed by atoms with E-state index >= 15 is 0 Å². The van der Waals surface area contributed by atoms with Gasteiger partial charge in [0.05, 0.1) is 12.1 Å². The Kier molecular flexibility index (Phi) is 3.98. The van der Waals surface area contributed by atoms with Gasteiger partial charge in [-0.1, -0.05) is 0 Å². The number of nitrogens with one attached hydrogen (secondary N) is 2. The van der Waals surface area contributed by atoms with Gasteiger partial charge in [-0.15, -0.1) is 11.3 Å². The summed E-state index contributed by atoms with van der Waals surface area (Å²) in [4.78, 5) is 22.8. The Balaban J connectivity index is 1.65. The summed E-state index contributed by atoms with van der Waals surface area (Å²) in [6.07, 6.45) is 1.79. The molecule has 0 saturated carbocycles. The number of carbonyl (C=O) groups is 1. The highest BCUT2D eigenvalue weighted by Gasteiger charge is 2.25. The number of H-pyrrole nitrogens is 1. The molecule has 1 saturated heterocycles. The Bertz CT molecular complexity index is 600. The van der Waals surface area contributed by atoms with Crippen molar-refractivity contribution in [3.05, 3.63) is 17.4 Å². The fraction of sp³-hybridized carbons (Fsp3) is 0.538. The van der Waals surface area contributed by atoms with Crippen LogP contribution in [0.2, 0.25) is 0 Å². The molecule has 21 heavy (non-hydrogen) atoms. The van der Waals surface area contributed by atoms with Crippen LogP contribution < -0.4 is 5.32 Å². The minimum absolute atomic E-state index is 0.129. The number of hydrogen-bond acceptors (Lipinski definition) is 6. The monoisotopic (exact) mass is 306 g/mol. The molecule has 8 heteroatoms. The predicted molar refractivity (Wildman–Crippen MR) is 79.8 cm³/mol. The third kappa shape index (κ3) is 3.27. The molecule has 2 N–H and O–H groups in total. The topological polar surface area (TPSA) is 86.8 Å². The van der Waals surface area contributed by atoms with Gasteiger partial charge >= 0.3 is 0 Å². The van der Waals surface area contributed by atoms with Crippen LogP contribution in [0.1, 0.15) is 19.5 Å². The summed E-state index contributed by atoms with van der Waals surface area (Å²) in [7, 11) is 0. The van der Waals surface area contributed by atoms with Crippen LogP contribution in [0.5, 0.6) is 0 Å². The van der Waals surface area contributed by atoms with Crippen LogP contribution >= 0.6 is 11.3 Å². The zero-order valence-corrected chi connectivity index (χ0v) is 12.9. The summed E-state index contributed by atoms with van der Waals surface area (Å²) in [5.74, 6) is 0.771. The van der Waals surface area contributed by atoms with Crippen molar-refractivity contribution in [3.63, 3.8) is 0 Å². The Morgan fingerprint density at radius 1 is 1.43 bits per heavy atom. The quantitative estimate of drug-likeness (QED) is 0.871. The fourth-order valence-corrected chi connectivity index (χ4v) is 3.37. The Morgan fingerprint density at radius 3 is 2.86 bits per heavy atom. The molecule has 2 atom stereocenters. The molecule has 7 nitrogen and oxygen atoms in total. The van der Waals surface area contributed by atoms with Crippen LogP contribution in [0, 0.1) is 0 Å². The summed E-state index contributed by atoms with van der Waals surface area (Å²) in [5.41, 5.74) is 0.787. The molecule has 112 valence electrons. The molecule has 3 rings (SSSR count). The van der Waals surface area contributed by atoms with Crippen molar-refractivity contribution in [2.45, 2.75) is 32.4 Å². The third-order valence-electron chi connectivity index (χ3n) is 3.41. The van der Waals surface area contributed by atoms with E-state index in [-0.39, 0.29) is 5.91 Å². The van der Waals surface area contributed by atoms with E-state index in [1.54, 1.807) is 0 Å². The van der Waals surface area contributed by atoms with E-state index in [1.165, 1.54) is 17.7 Å².